The summed E-state index contributed by atoms with van der Waals surface area (Å²) in [4.78, 5) is 33.9. The van der Waals surface area contributed by atoms with E-state index in [1.807, 2.05) is 0 Å². The Morgan fingerprint density at radius 2 is 1.65 bits per heavy atom. The lowest BCUT2D eigenvalue weighted by Gasteiger charge is -2.28. The molecule has 0 aliphatic carbocycles. The highest BCUT2D eigenvalue weighted by molar-refractivity contribution is 7.80. The Kier molecular flexibility index (Phi) is 5.13. The number of benzene rings is 1. The number of morpholine rings is 1. The summed E-state index contributed by atoms with van der Waals surface area (Å²) in [6, 6.07) is 2.71. The fourth-order valence-corrected chi connectivity index (χ4v) is 2.23. The van der Waals surface area contributed by atoms with E-state index < -0.39 is 27.1 Å². The van der Waals surface area contributed by atoms with Crippen LogP contribution < -0.4 is 5.32 Å². The molecule has 1 aromatic rings. The van der Waals surface area contributed by atoms with Crippen molar-refractivity contribution in [3.05, 3.63) is 44.0 Å². The van der Waals surface area contributed by atoms with Gasteiger partial charge in [-0.2, -0.15) is 0 Å². The average molecular weight is 340 g/mol. The van der Waals surface area contributed by atoms with Crippen LogP contribution >= 0.6 is 12.2 Å². The molecular weight excluding hydrogens is 328 g/mol. The molecule has 1 amide bonds. The van der Waals surface area contributed by atoms with E-state index in [1.165, 1.54) is 0 Å². The Morgan fingerprint density at radius 3 is 2.13 bits per heavy atom. The van der Waals surface area contributed by atoms with Crippen LogP contribution in [0.4, 0.5) is 11.4 Å². The van der Waals surface area contributed by atoms with Crippen LogP contribution in [0.25, 0.3) is 0 Å². The van der Waals surface area contributed by atoms with Crippen molar-refractivity contribution in [2.24, 2.45) is 0 Å². The Hall–Kier alpha value is -2.66. The van der Waals surface area contributed by atoms with E-state index in [2.05, 4.69) is 5.32 Å². The molecule has 1 aliphatic rings. The normalized spacial score (nSPS) is 14.2. The standard InChI is InChI=1S/C12H12N4O6S/c17-11(13-12(23)14-1-3-22-4-2-14)8-5-9(15(18)19)7-10(6-8)16(20)21/h5-7H,1-4H2,(H,13,17,23). The lowest BCUT2D eigenvalue weighted by molar-refractivity contribution is -0.394. The molecule has 11 heteroatoms. The van der Waals surface area contributed by atoms with E-state index in [1.54, 1.807) is 4.90 Å². The minimum absolute atomic E-state index is 0.146. The number of nitrogens with one attached hydrogen (secondary N) is 1. The molecular formula is C12H12N4O6S. The van der Waals surface area contributed by atoms with Gasteiger partial charge in [0.05, 0.1) is 34.7 Å². The van der Waals surface area contributed by atoms with Crippen molar-refractivity contribution in [1.82, 2.24) is 10.2 Å². The monoisotopic (exact) mass is 340 g/mol. The van der Waals surface area contributed by atoms with Crippen molar-refractivity contribution in [3.63, 3.8) is 0 Å². The maximum atomic E-state index is 12.1. The molecule has 10 nitrogen and oxygen atoms in total. The first kappa shape index (κ1) is 16.7. The quantitative estimate of drug-likeness (QED) is 0.487. The minimum atomic E-state index is -0.802. The minimum Gasteiger partial charge on any atom is -0.378 e. The van der Waals surface area contributed by atoms with Crippen LogP contribution in [0.15, 0.2) is 18.2 Å². The van der Waals surface area contributed by atoms with Gasteiger partial charge in [-0.05, 0) is 12.2 Å². The van der Waals surface area contributed by atoms with E-state index in [-0.39, 0.29) is 10.7 Å². The molecule has 0 aromatic heterocycles. The summed E-state index contributed by atoms with van der Waals surface area (Å²) in [6.45, 7) is 1.96. The largest absolute Gasteiger partial charge is 0.378 e. The van der Waals surface area contributed by atoms with E-state index >= 15 is 0 Å². The molecule has 0 bridgehead atoms. The van der Waals surface area contributed by atoms with Crippen molar-refractivity contribution in [3.8, 4) is 0 Å². The fourth-order valence-electron chi connectivity index (χ4n) is 1.95. The number of ether oxygens (including phenoxy) is 1. The third kappa shape index (κ3) is 4.17. The molecule has 1 saturated heterocycles. The number of non-ortho nitro benzene ring substituents is 2. The topological polar surface area (TPSA) is 128 Å². The molecule has 1 N–H and O–H groups in total. The highest BCUT2D eigenvalue weighted by Gasteiger charge is 2.22. The van der Waals surface area contributed by atoms with Gasteiger partial charge in [0, 0.05) is 25.2 Å². The molecule has 0 spiro atoms. The van der Waals surface area contributed by atoms with Gasteiger partial charge >= 0.3 is 0 Å². The van der Waals surface area contributed by atoms with Gasteiger partial charge in [0.1, 0.15) is 0 Å². The lowest BCUT2D eigenvalue weighted by atomic mass is 10.1. The predicted octanol–water partition coefficient (Wildman–Crippen LogP) is 0.850. The summed E-state index contributed by atoms with van der Waals surface area (Å²) >= 11 is 5.09. The fraction of sp³-hybridized carbons (Fsp3) is 0.333. The molecule has 1 fully saturated rings. The molecule has 1 aliphatic heterocycles. The van der Waals surface area contributed by atoms with Crippen molar-refractivity contribution in [1.29, 1.82) is 0 Å². The van der Waals surface area contributed by atoms with Gasteiger partial charge in [0.2, 0.25) is 0 Å². The van der Waals surface area contributed by atoms with Crippen LogP contribution in [0.2, 0.25) is 0 Å². The second-order valence-electron chi connectivity index (χ2n) is 4.61. The van der Waals surface area contributed by atoms with Gasteiger partial charge in [-0.1, -0.05) is 0 Å². The second-order valence-corrected chi connectivity index (χ2v) is 5.00. The van der Waals surface area contributed by atoms with Crippen molar-refractivity contribution in [2.45, 2.75) is 0 Å². The molecule has 1 aromatic carbocycles. The van der Waals surface area contributed by atoms with Crippen molar-refractivity contribution in [2.75, 3.05) is 26.3 Å². The number of hydrogen-bond acceptors (Lipinski definition) is 7. The van der Waals surface area contributed by atoms with Gasteiger partial charge in [-0.3, -0.25) is 30.3 Å². The number of carbonyl (C=O) groups excluding carboxylic acids is 1. The third-order valence-corrected chi connectivity index (χ3v) is 3.47. The summed E-state index contributed by atoms with van der Waals surface area (Å²) in [5.74, 6) is -0.742. The van der Waals surface area contributed by atoms with Crippen LogP contribution in [0.3, 0.4) is 0 Å². The van der Waals surface area contributed by atoms with E-state index in [0.29, 0.717) is 26.3 Å². The highest BCUT2D eigenvalue weighted by Crippen LogP contribution is 2.22. The molecule has 0 saturated carbocycles. The summed E-state index contributed by atoms with van der Waals surface area (Å²) in [5, 5.41) is 24.2. The summed E-state index contributed by atoms with van der Waals surface area (Å²) < 4.78 is 5.16. The second kappa shape index (κ2) is 7.07. The van der Waals surface area contributed by atoms with Crippen LogP contribution in [0.1, 0.15) is 10.4 Å². The smallest absolute Gasteiger partial charge is 0.277 e. The average Bonchev–Trinajstić information content (AvgIpc) is 2.55. The van der Waals surface area contributed by atoms with Crippen LogP contribution in [0.5, 0.6) is 0 Å². The predicted molar refractivity (Wildman–Crippen MR) is 82.2 cm³/mol. The molecule has 0 unspecified atom stereocenters. The molecule has 0 atom stereocenters. The molecule has 2 rings (SSSR count). The molecule has 23 heavy (non-hydrogen) atoms. The molecule has 1 heterocycles. The van der Waals surface area contributed by atoms with Gasteiger partial charge in [0.25, 0.3) is 17.3 Å². The number of rotatable bonds is 3. The Labute approximate surface area is 135 Å². The molecule has 0 radical (unpaired) electrons. The van der Waals surface area contributed by atoms with Gasteiger partial charge in [-0.25, -0.2) is 0 Å². The number of thiocarbonyl (C=S) groups is 1. The first-order chi connectivity index (χ1) is 10.9. The number of nitrogens with zero attached hydrogens (tertiary/aromatic N) is 3. The number of carbonyl (C=O) groups is 1. The SMILES string of the molecule is O=C(NC(=S)N1CCOCC1)c1cc([N+](=O)[O-])cc([N+](=O)[O-])c1. The third-order valence-electron chi connectivity index (χ3n) is 3.11. The first-order valence-electron chi connectivity index (χ1n) is 6.50. The highest BCUT2D eigenvalue weighted by atomic mass is 32.1. The Morgan fingerprint density at radius 1 is 1.13 bits per heavy atom. The Balaban J connectivity index is 2.19. The van der Waals surface area contributed by atoms with Gasteiger partial charge in [0.15, 0.2) is 5.11 Å². The number of nitro benzene ring substituents is 2. The van der Waals surface area contributed by atoms with Crippen molar-refractivity contribution >= 4 is 34.6 Å². The zero-order valence-corrected chi connectivity index (χ0v) is 12.6. The van der Waals surface area contributed by atoms with Crippen LogP contribution in [0, 0.1) is 20.2 Å². The van der Waals surface area contributed by atoms with Gasteiger partial charge < -0.3 is 9.64 Å². The maximum Gasteiger partial charge on any atom is 0.277 e. The maximum absolute atomic E-state index is 12.1. The molecule has 122 valence electrons. The zero-order chi connectivity index (χ0) is 17.0. The summed E-state index contributed by atoms with van der Waals surface area (Å²) in [7, 11) is 0. The Bertz CT molecular complexity index is 641. The summed E-state index contributed by atoms with van der Waals surface area (Å²) in [6.07, 6.45) is 0. The summed E-state index contributed by atoms with van der Waals surface area (Å²) in [5.41, 5.74) is -1.29. The van der Waals surface area contributed by atoms with E-state index in [9.17, 15) is 25.0 Å². The number of nitro groups is 2. The zero-order valence-electron chi connectivity index (χ0n) is 11.8. The van der Waals surface area contributed by atoms with Crippen LogP contribution in [-0.4, -0.2) is 52.1 Å². The van der Waals surface area contributed by atoms with E-state index in [4.69, 9.17) is 17.0 Å². The van der Waals surface area contributed by atoms with E-state index in [0.717, 1.165) is 18.2 Å². The number of amides is 1. The number of hydrogen-bond donors (Lipinski definition) is 1. The van der Waals surface area contributed by atoms with Gasteiger partial charge in [-0.15, -0.1) is 0 Å². The lowest BCUT2D eigenvalue weighted by Crippen LogP contribution is -2.47. The van der Waals surface area contributed by atoms with Crippen molar-refractivity contribution < 1.29 is 19.4 Å². The first-order valence-corrected chi connectivity index (χ1v) is 6.91. The van der Waals surface area contributed by atoms with Crippen LogP contribution in [-0.2, 0) is 4.74 Å².